The third-order valence-electron chi connectivity index (χ3n) is 4.52. The molecule has 0 radical (unpaired) electrons. The number of hydroxylamine groups is 1. The van der Waals surface area contributed by atoms with E-state index in [-0.39, 0.29) is 24.0 Å². The molecule has 1 aliphatic carbocycles. The highest BCUT2D eigenvalue weighted by Crippen LogP contribution is 2.51. The molecule has 20 heavy (non-hydrogen) atoms. The second-order valence-corrected chi connectivity index (χ2v) is 5.80. The summed E-state index contributed by atoms with van der Waals surface area (Å²) < 4.78 is 6.24. The standard InChI is InChI=1S/C15H21NO3.ClH/c1-9-7-12-13(10(2)14(9)17)11(16-18-3)8-15(19-12)5-4-6-15;/h7,11,16-17H,4-6,8H2,1-3H3;1H. The summed E-state index contributed by atoms with van der Waals surface area (Å²) in [7, 11) is 1.63. The van der Waals surface area contributed by atoms with Crippen molar-refractivity contribution in [2.45, 2.75) is 51.2 Å². The Labute approximate surface area is 125 Å². The molecule has 1 atom stereocenters. The lowest BCUT2D eigenvalue weighted by molar-refractivity contribution is -0.0601. The van der Waals surface area contributed by atoms with Crippen molar-refractivity contribution < 1.29 is 14.7 Å². The molecule has 5 heteroatoms. The molecule has 4 nitrogen and oxygen atoms in total. The van der Waals surface area contributed by atoms with Crippen molar-refractivity contribution in [3.8, 4) is 11.5 Å². The minimum absolute atomic E-state index is 0. The maximum absolute atomic E-state index is 10.1. The molecule has 2 N–H and O–H groups in total. The van der Waals surface area contributed by atoms with Crippen LogP contribution in [-0.4, -0.2) is 17.8 Å². The molecule has 2 aliphatic rings. The van der Waals surface area contributed by atoms with Gasteiger partial charge in [-0.1, -0.05) is 0 Å². The first-order valence-corrected chi connectivity index (χ1v) is 6.87. The van der Waals surface area contributed by atoms with Gasteiger partial charge in [-0.05, 0) is 50.3 Å². The van der Waals surface area contributed by atoms with Crippen LogP contribution in [0.4, 0.5) is 0 Å². The number of nitrogens with one attached hydrogen (secondary N) is 1. The number of fused-ring (bicyclic) bond motifs is 1. The monoisotopic (exact) mass is 299 g/mol. The zero-order chi connectivity index (χ0) is 13.6. The molecule has 0 bridgehead atoms. The number of phenols is 1. The molecule has 0 amide bonds. The number of phenolic OH excluding ortho intramolecular Hbond substituents is 1. The Morgan fingerprint density at radius 2 is 2.10 bits per heavy atom. The van der Waals surface area contributed by atoms with Crippen LogP contribution in [0.3, 0.4) is 0 Å². The van der Waals surface area contributed by atoms with Crippen molar-refractivity contribution in [1.29, 1.82) is 0 Å². The molecule has 3 rings (SSSR count). The Morgan fingerprint density at radius 3 is 2.65 bits per heavy atom. The van der Waals surface area contributed by atoms with Crippen molar-refractivity contribution in [2.24, 2.45) is 0 Å². The number of halogens is 1. The van der Waals surface area contributed by atoms with Crippen molar-refractivity contribution >= 4 is 12.4 Å². The molecular formula is C15H22ClNO3. The third kappa shape index (κ3) is 2.26. The van der Waals surface area contributed by atoms with E-state index >= 15 is 0 Å². The summed E-state index contributed by atoms with van der Waals surface area (Å²) >= 11 is 0. The Bertz CT molecular complexity index is 514. The van der Waals surface area contributed by atoms with E-state index in [1.54, 1.807) is 7.11 Å². The number of rotatable bonds is 2. The van der Waals surface area contributed by atoms with E-state index in [0.29, 0.717) is 5.75 Å². The van der Waals surface area contributed by atoms with E-state index in [0.717, 1.165) is 41.7 Å². The summed E-state index contributed by atoms with van der Waals surface area (Å²) in [6.45, 7) is 3.85. The Kier molecular flexibility index (Phi) is 4.19. The highest BCUT2D eigenvalue weighted by atomic mass is 35.5. The fraction of sp³-hybridized carbons (Fsp3) is 0.600. The molecule has 1 saturated carbocycles. The van der Waals surface area contributed by atoms with Gasteiger partial charge in [0.05, 0.1) is 13.2 Å². The van der Waals surface area contributed by atoms with Crippen molar-refractivity contribution in [3.63, 3.8) is 0 Å². The van der Waals surface area contributed by atoms with Gasteiger partial charge < -0.3 is 14.7 Å². The number of hydrogen-bond donors (Lipinski definition) is 2. The Hall–Kier alpha value is -0.970. The largest absolute Gasteiger partial charge is 0.507 e. The van der Waals surface area contributed by atoms with Crippen LogP contribution in [-0.2, 0) is 4.84 Å². The van der Waals surface area contributed by atoms with E-state index in [4.69, 9.17) is 9.57 Å². The van der Waals surface area contributed by atoms with Crippen molar-refractivity contribution in [3.05, 3.63) is 22.8 Å². The van der Waals surface area contributed by atoms with Crippen LogP contribution < -0.4 is 10.2 Å². The lowest BCUT2D eigenvalue weighted by Gasteiger charge is -2.48. The topological polar surface area (TPSA) is 50.7 Å². The van der Waals surface area contributed by atoms with E-state index < -0.39 is 0 Å². The SMILES string of the molecule is CONC1CC2(CCC2)Oc2cc(C)c(O)c(C)c21.Cl. The molecular weight excluding hydrogens is 278 g/mol. The molecule has 1 aromatic rings. The van der Waals surface area contributed by atoms with Crippen LogP contribution in [0.5, 0.6) is 11.5 Å². The molecule has 1 aromatic carbocycles. The van der Waals surface area contributed by atoms with Gasteiger partial charge in [-0.2, -0.15) is 5.48 Å². The molecule has 0 saturated heterocycles. The maximum Gasteiger partial charge on any atom is 0.125 e. The fourth-order valence-corrected chi connectivity index (χ4v) is 3.34. The van der Waals surface area contributed by atoms with Gasteiger partial charge in [0.1, 0.15) is 17.1 Å². The number of aromatic hydroxyl groups is 1. The van der Waals surface area contributed by atoms with Crippen LogP contribution in [0.2, 0.25) is 0 Å². The summed E-state index contributed by atoms with van der Waals surface area (Å²) in [5.74, 6) is 1.25. The first-order chi connectivity index (χ1) is 9.06. The van der Waals surface area contributed by atoms with Gasteiger partial charge in [-0.15, -0.1) is 12.4 Å². The van der Waals surface area contributed by atoms with Gasteiger partial charge in [0.15, 0.2) is 0 Å². The molecule has 1 unspecified atom stereocenters. The van der Waals surface area contributed by atoms with Gasteiger partial charge in [0, 0.05) is 12.0 Å². The summed E-state index contributed by atoms with van der Waals surface area (Å²) in [6.07, 6.45) is 4.34. The number of hydrogen-bond acceptors (Lipinski definition) is 4. The van der Waals surface area contributed by atoms with E-state index in [2.05, 4.69) is 5.48 Å². The van der Waals surface area contributed by atoms with Gasteiger partial charge in [-0.25, -0.2) is 0 Å². The Morgan fingerprint density at radius 1 is 1.40 bits per heavy atom. The lowest BCUT2D eigenvalue weighted by Crippen LogP contribution is -2.49. The highest BCUT2D eigenvalue weighted by molar-refractivity contribution is 5.85. The molecule has 1 fully saturated rings. The smallest absolute Gasteiger partial charge is 0.125 e. The number of ether oxygens (including phenoxy) is 1. The molecule has 1 heterocycles. The molecule has 1 spiro atoms. The summed E-state index contributed by atoms with van der Waals surface area (Å²) in [5.41, 5.74) is 5.81. The van der Waals surface area contributed by atoms with Gasteiger partial charge in [0.2, 0.25) is 0 Å². The normalized spacial score (nSPS) is 22.4. The third-order valence-corrected chi connectivity index (χ3v) is 4.52. The van der Waals surface area contributed by atoms with Crippen LogP contribution in [0.25, 0.3) is 0 Å². The molecule has 0 aromatic heterocycles. The van der Waals surface area contributed by atoms with Gasteiger partial charge >= 0.3 is 0 Å². The fourth-order valence-electron chi connectivity index (χ4n) is 3.34. The highest BCUT2D eigenvalue weighted by Gasteiger charge is 2.46. The van der Waals surface area contributed by atoms with E-state index in [9.17, 15) is 5.11 Å². The summed E-state index contributed by atoms with van der Waals surface area (Å²) in [4.78, 5) is 5.14. The zero-order valence-corrected chi connectivity index (χ0v) is 13.0. The van der Waals surface area contributed by atoms with Crippen molar-refractivity contribution in [2.75, 3.05) is 7.11 Å². The zero-order valence-electron chi connectivity index (χ0n) is 12.2. The minimum atomic E-state index is -0.0287. The first-order valence-electron chi connectivity index (χ1n) is 6.87. The molecule has 1 aliphatic heterocycles. The second-order valence-electron chi connectivity index (χ2n) is 5.80. The first kappa shape index (κ1) is 15.4. The second kappa shape index (κ2) is 5.43. The van der Waals surface area contributed by atoms with Crippen molar-refractivity contribution in [1.82, 2.24) is 5.48 Å². The average Bonchev–Trinajstić information content (AvgIpc) is 2.34. The predicted molar refractivity (Wildman–Crippen MR) is 79.5 cm³/mol. The van der Waals surface area contributed by atoms with Crippen LogP contribution in [0, 0.1) is 13.8 Å². The predicted octanol–water partition coefficient (Wildman–Crippen LogP) is 3.33. The summed E-state index contributed by atoms with van der Waals surface area (Å²) in [5, 5.41) is 10.1. The quantitative estimate of drug-likeness (QED) is 0.823. The van der Waals surface area contributed by atoms with E-state index in [1.165, 1.54) is 6.42 Å². The van der Waals surface area contributed by atoms with Gasteiger partial charge in [-0.3, -0.25) is 0 Å². The number of aryl methyl sites for hydroxylation is 1. The van der Waals surface area contributed by atoms with Crippen LogP contribution >= 0.6 is 12.4 Å². The average molecular weight is 300 g/mol. The van der Waals surface area contributed by atoms with E-state index in [1.807, 2.05) is 19.9 Å². The van der Waals surface area contributed by atoms with Crippen LogP contribution in [0.1, 0.15) is 48.4 Å². The lowest BCUT2D eigenvalue weighted by atomic mass is 9.72. The Balaban J connectivity index is 0.00000147. The number of benzene rings is 1. The van der Waals surface area contributed by atoms with Gasteiger partial charge in [0.25, 0.3) is 0 Å². The van der Waals surface area contributed by atoms with Crippen LogP contribution in [0.15, 0.2) is 6.07 Å². The summed E-state index contributed by atoms with van der Waals surface area (Å²) in [6, 6.07) is 2.03. The minimum Gasteiger partial charge on any atom is -0.507 e. The maximum atomic E-state index is 10.1. The molecule has 112 valence electrons.